The second kappa shape index (κ2) is 7.90. The second-order valence-corrected chi connectivity index (χ2v) is 5.92. The van der Waals surface area contributed by atoms with Crippen LogP contribution in [0.15, 0.2) is 48.8 Å². The van der Waals surface area contributed by atoms with Gasteiger partial charge in [0.15, 0.2) is 5.11 Å². The predicted octanol–water partition coefficient (Wildman–Crippen LogP) is 4.42. The van der Waals surface area contributed by atoms with Crippen molar-refractivity contribution in [3.05, 3.63) is 59.9 Å². The normalized spacial score (nSPS) is 10.5. The number of nitrogens with zero attached hydrogens (tertiary/aromatic N) is 2. The number of hydrogen-bond donors (Lipinski definition) is 1. The molecule has 0 saturated carbocycles. The maximum atomic E-state index is 5.56. The van der Waals surface area contributed by atoms with E-state index in [1.165, 1.54) is 11.1 Å². The number of thiocarbonyl (C=S) groups is 1. The first-order chi connectivity index (χ1) is 10.6. The van der Waals surface area contributed by atoms with Crippen molar-refractivity contribution in [3.8, 4) is 0 Å². The Bertz CT molecular complexity index is 611. The summed E-state index contributed by atoms with van der Waals surface area (Å²) >= 11 is 5.56. The Kier molecular flexibility index (Phi) is 5.90. The lowest BCUT2D eigenvalue weighted by Gasteiger charge is -2.26. The highest BCUT2D eigenvalue weighted by molar-refractivity contribution is 7.80. The van der Waals surface area contributed by atoms with Crippen LogP contribution < -0.4 is 5.32 Å². The van der Waals surface area contributed by atoms with E-state index in [0.29, 0.717) is 5.92 Å². The number of benzene rings is 1. The smallest absolute Gasteiger partial charge is 0.173 e. The van der Waals surface area contributed by atoms with Crippen LogP contribution in [0, 0.1) is 0 Å². The highest BCUT2D eigenvalue weighted by Gasteiger charge is 2.12. The number of anilines is 1. The van der Waals surface area contributed by atoms with Gasteiger partial charge in [-0.25, -0.2) is 0 Å². The van der Waals surface area contributed by atoms with E-state index in [1.54, 1.807) is 12.4 Å². The molecular formula is C18H23N3S. The Morgan fingerprint density at radius 2 is 1.86 bits per heavy atom. The van der Waals surface area contributed by atoms with Crippen LogP contribution in [0.3, 0.4) is 0 Å². The van der Waals surface area contributed by atoms with Gasteiger partial charge in [-0.2, -0.15) is 0 Å². The third-order valence-electron chi connectivity index (χ3n) is 3.64. The molecule has 0 radical (unpaired) electrons. The molecule has 0 unspecified atom stereocenters. The molecule has 2 aromatic rings. The van der Waals surface area contributed by atoms with E-state index in [9.17, 15) is 0 Å². The Morgan fingerprint density at radius 1 is 1.18 bits per heavy atom. The fraction of sp³-hybridized carbons (Fsp3) is 0.333. The molecule has 0 atom stereocenters. The SMILES string of the molecule is CCN(Cc1ccccc1C(C)C)C(=S)Nc1ccncc1. The first-order valence-corrected chi connectivity index (χ1v) is 8.06. The highest BCUT2D eigenvalue weighted by Crippen LogP contribution is 2.21. The summed E-state index contributed by atoms with van der Waals surface area (Å²) in [5, 5.41) is 4.02. The van der Waals surface area contributed by atoms with Gasteiger partial charge in [0.25, 0.3) is 0 Å². The van der Waals surface area contributed by atoms with Crippen LogP contribution in [0.4, 0.5) is 5.69 Å². The molecule has 3 nitrogen and oxygen atoms in total. The van der Waals surface area contributed by atoms with Crippen LogP contribution in [0.2, 0.25) is 0 Å². The summed E-state index contributed by atoms with van der Waals surface area (Å²) in [6.07, 6.45) is 3.52. The van der Waals surface area contributed by atoms with Crippen LogP contribution in [0.5, 0.6) is 0 Å². The first kappa shape index (κ1) is 16.4. The highest BCUT2D eigenvalue weighted by atomic mass is 32.1. The van der Waals surface area contributed by atoms with Crippen LogP contribution in [-0.2, 0) is 6.54 Å². The Hall–Kier alpha value is -1.94. The minimum absolute atomic E-state index is 0.511. The average molecular weight is 313 g/mol. The van der Waals surface area contributed by atoms with Gasteiger partial charge in [-0.15, -0.1) is 0 Å². The minimum Gasteiger partial charge on any atom is -0.345 e. The number of rotatable bonds is 5. The lowest BCUT2D eigenvalue weighted by atomic mass is 9.97. The average Bonchev–Trinajstić information content (AvgIpc) is 2.53. The lowest BCUT2D eigenvalue weighted by molar-refractivity contribution is 0.439. The quantitative estimate of drug-likeness (QED) is 0.827. The molecule has 0 bridgehead atoms. The van der Waals surface area contributed by atoms with Gasteiger partial charge in [-0.3, -0.25) is 4.98 Å². The molecule has 1 N–H and O–H groups in total. The van der Waals surface area contributed by atoms with Crippen LogP contribution in [0.25, 0.3) is 0 Å². The van der Waals surface area contributed by atoms with E-state index in [4.69, 9.17) is 12.2 Å². The zero-order valence-electron chi connectivity index (χ0n) is 13.4. The van der Waals surface area contributed by atoms with Crippen molar-refractivity contribution < 1.29 is 0 Å². The summed E-state index contributed by atoms with van der Waals surface area (Å²) in [6, 6.07) is 12.4. The molecule has 0 spiro atoms. The summed E-state index contributed by atoms with van der Waals surface area (Å²) in [5.74, 6) is 0.511. The van der Waals surface area contributed by atoms with Crippen molar-refractivity contribution >= 4 is 23.0 Å². The zero-order valence-corrected chi connectivity index (χ0v) is 14.2. The number of nitrogens with one attached hydrogen (secondary N) is 1. The molecule has 0 saturated heterocycles. The maximum Gasteiger partial charge on any atom is 0.173 e. The van der Waals surface area contributed by atoms with Crippen LogP contribution in [-0.4, -0.2) is 21.5 Å². The number of pyridine rings is 1. The second-order valence-electron chi connectivity index (χ2n) is 5.53. The van der Waals surface area contributed by atoms with E-state index in [-0.39, 0.29) is 0 Å². The number of hydrogen-bond acceptors (Lipinski definition) is 2. The van der Waals surface area contributed by atoms with Crippen molar-refractivity contribution in [1.82, 2.24) is 9.88 Å². The molecule has 0 aliphatic carbocycles. The minimum atomic E-state index is 0.511. The van der Waals surface area contributed by atoms with Crippen LogP contribution in [0.1, 0.15) is 37.8 Å². The van der Waals surface area contributed by atoms with E-state index >= 15 is 0 Å². The molecule has 1 aromatic heterocycles. The summed E-state index contributed by atoms with van der Waals surface area (Å²) in [5.41, 5.74) is 3.68. The fourth-order valence-corrected chi connectivity index (χ4v) is 2.72. The van der Waals surface area contributed by atoms with Gasteiger partial charge in [0.2, 0.25) is 0 Å². The van der Waals surface area contributed by atoms with E-state index in [1.807, 2.05) is 12.1 Å². The van der Waals surface area contributed by atoms with Crippen molar-refractivity contribution in [2.45, 2.75) is 33.2 Å². The molecule has 0 amide bonds. The van der Waals surface area contributed by atoms with Crippen molar-refractivity contribution in [1.29, 1.82) is 0 Å². The van der Waals surface area contributed by atoms with Gasteiger partial charge in [0.1, 0.15) is 0 Å². The van der Waals surface area contributed by atoms with Crippen LogP contribution >= 0.6 is 12.2 Å². The molecule has 1 aromatic carbocycles. The number of aromatic nitrogens is 1. The summed E-state index contributed by atoms with van der Waals surface area (Å²) < 4.78 is 0. The van der Waals surface area contributed by atoms with Crippen molar-refractivity contribution in [2.24, 2.45) is 0 Å². The molecule has 0 fully saturated rings. The van der Waals surface area contributed by atoms with Gasteiger partial charge in [-0.1, -0.05) is 38.1 Å². The van der Waals surface area contributed by atoms with Crippen molar-refractivity contribution in [3.63, 3.8) is 0 Å². The van der Waals surface area contributed by atoms with Gasteiger partial charge in [0, 0.05) is 31.2 Å². The van der Waals surface area contributed by atoms with E-state index in [0.717, 1.165) is 23.9 Å². The Balaban J connectivity index is 2.11. The van der Waals surface area contributed by atoms with Gasteiger partial charge < -0.3 is 10.2 Å². The van der Waals surface area contributed by atoms with Gasteiger partial charge >= 0.3 is 0 Å². The molecule has 0 aliphatic heterocycles. The van der Waals surface area contributed by atoms with Crippen molar-refractivity contribution in [2.75, 3.05) is 11.9 Å². The Morgan fingerprint density at radius 3 is 2.50 bits per heavy atom. The molecular weight excluding hydrogens is 290 g/mol. The van der Waals surface area contributed by atoms with E-state index in [2.05, 4.69) is 60.2 Å². The van der Waals surface area contributed by atoms with Gasteiger partial charge in [0.05, 0.1) is 0 Å². The standard InChI is InChI=1S/C18H23N3S/c1-4-21(18(22)20-16-9-11-19-12-10-16)13-15-7-5-6-8-17(15)14(2)3/h5-12,14H,4,13H2,1-3H3,(H,19,20,22). The predicted molar refractivity (Wildman–Crippen MR) is 97.1 cm³/mol. The molecule has 116 valence electrons. The fourth-order valence-electron chi connectivity index (χ4n) is 2.41. The molecule has 1 heterocycles. The monoisotopic (exact) mass is 313 g/mol. The molecule has 0 aliphatic rings. The molecule has 2 rings (SSSR count). The molecule has 4 heteroatoms. The summed E-state index contributed by atoms with van der Waals surface area (Å²) in [6.45, 7) is 8.26. The third-order valence-corrected chi connectivity index (χ3v) is 4.00. The largest absolute Gasteiger partial charge is 0.345 e. The lowest BCUT2D eigenvalue weighted by Crippen LogP contribution is -2.34. The Labute approximate surface area is 138 Å². The summed E-state index contributed by atoms with van der Waals surface area (Å²) in [4.78, 5) is 6.20. The van der Waals surface area contributed by atoms with Gasteiger partial charge in [-0.05, 0) is 48.3 Å². The first-order valence-electron chi connectivity index (χ1n) is 7.65. The van der Waals surface area contributed by atoms with E-state index < -0.39 is 0 Å². The molecule has 22 heavy (non-hydrogen) atoms. The zero-order chi connectivity index (χ0) is 15.9. The third kappa shape index (κ3) is 4.28. The topological polar surface area (TPSA) is 28.2 Å². The maximum absolute atomic E-state index is 5.56. The summed E-state index contributed by atoms with van der Waals surface area (Å²) in [7, 11) is 0.